The molecule has 2 unspecified atom stereocenters. The Morgan fingerprint density at radius 2 is 2.00 bits per heavy atom. The maximum Gasteiger partial charge on any atom is 0.338 e. The Hall–Kier alpha value is -4.62. The summed E-state index contributed by atoms with van der Waals surface area (Å²) < 4.78 is 20.3. The van der Waals surface area contributed by atoms with Crippen LogP contribution in [0.2, 0.25) is 0 Å². The number of aliphatic imine (C=N–C) groups is 1. The van der Waals surface area contributed by atoms with Crippen LogP contribution in [0.25, 0.3) is 0 Å². The molecule has 3 aliphatic rings. The quantitative estimate of drug-likeness (QED) is 0.354. The lowest BCUT2D eigenvalue weighted by molar-refractivity contribution is -0.139. The van der Waals surface area contributed by atoms with Crippen LogP contribution in [-0.2, 0) is 9.53 Å². The molecule has 2 saturated heterocycles. The first-order valence-electron chi connectivity index (χ1n) is 14.6. The lowest BCUT2D eigenvalue weighted by Gasteiger charge is -2.44. The number of amidine groups is 1. The van der Waals surface area contributed by atoms with Gasteiger partial charge in [0.25, 0.3) is 0 Å². The van der Waals surface area contributed by atoms with Crippen LogP contribution in [0.4, 0.5) is 14.9 Å². The zero-order valence-corrected chi connectivity index (χ0v) is 25.9. The average Bonchev–Trinajstić information content (AvgIpc) is 3.64. The molecule has 0 saturated carbocycles. The largest absolute Gasteiger partial charge is 0.478 e. The molecule has 45 heavy (non-hydrogen) atoms. The third-order valence-corrected chi connectivity index (χ3v) is 9.24. The van der Waals surface area contributed by atoms with Crippen molar-refractivity contribution < 1.29 is 28.6 Å². The molecule has 2 N–H and O–H groups in total. The molecule has 2 fully saturated rings. The maximum atomic E-state index is 14.8. The average molecular weight is 633 g/mol. The Bertz CT molecular complexity index is 1730. The molecule has 0 aliphatic carbocycles. The van der Waals surface area contributed by atoms with Gasteiger partial charge in [0.2, 0.25) is 0 Å². The van der Waals surface area contributed by atoms with E-state index in [2.05, 4.69) is 15.2 Å². The van der Waals surface area contributed by atoms with Crippen LogP contribution in [-0.4, -0.2) is 88.6 Å². The summed E-state index contributed by atoms with van der Waals surface area (Å²) in [6, 6.07) is 10.1. The number of thiazole rings is 1. The smallest absolute Gasteiger partial charge is 0.338 e. The molecule has 4 heterocycles. The Morgan fingerprint density at radius 1 is 1.20 bits per heavy atom. The molecule has 234 valence electrons. The van der Waals surface area contributed by atoms with E-state index in [1.807, 2.05) is 17.2 Å². The van der Waals surface area contributed by atoms with Gasteiger partial charge in [0, 0.05) is 49.1 Å². The van der Waals surface area contributed by atoms with Gasteiger partial charge in [-0.3, -0.25) is 14.8 Å². The van der Waals surface area contributed by atoms with Crippen LogP contribution < -0.4 is 10.2 Å². The molecule has 2 atom stereocenters. The van der Waals surface area contributed by atoms with Crippen molar-refractivity contribution in [3.8, 4) is 0 Å². The van der Waals surface area contributed by atoms with Crippen molar-refractivity contribution in [2.45, 2.75) is 32.4 Å². The van der Waals surface area contributed by atoms with Crippen molar-refractivity contribution in [3.63, 3.8) is 0 Å². The second kappa shape index (κ2) is 12.1. The van der Waals surface area contributed by atoms with E-state index in [0.29, 0.717) is 71.7 Å². The summed E-state index contributed by atoms with van der Waals surface area (Å²) >= 11 is 1.40. The highest BCUT2D eigenvalue weighted by atomic mass is 32.1. The number of aromatic nitrogens is 1. The van der Waals surface area contributed by atoms with Gasteiger partial charge < -0.3 is 20.1 Å². The summed E-state index contributed by atoms with van der Waals surface area (Å²) in [5.41, 5.74) is 1.88. The Kier molecular flexibility index (Phi) is 8.14. The number of nitrogens with zero attached hydrogens (tertiary/aromatic N) is 5. The number of nitrogens with one attached hydrogen (secondary N) is 1. The Labute approximate surface area is 263 Å². The number of esters is 1. The number of carboxylic acids is 1. The molecule has 2 aromatic carbocycles. The van der Waals surface area contributed by atoms with Gasteiger partial charge in [-0.1, -0.05) is 18.2 Å². The fraction of sp³-hybridized carbons (Fsp3) is 0.344. The predicted molar refractivity (Wildman–Crippen MR) is 167 cm³/mol. The summed E-state index contributed by atoms with van der Waals surface area (Å²) in [6.07, 6.45) is 1.67. The number of fused-ring (bicyclic) bond motifs is 1. The van der Waals surface area contributed by atoms with E-state index in [-0.39, 0.29) is 18.2 Å². The van der Waals surface area contributed by atoms with Gasteiger partial charge in [-0.05, 0) is 56.2 Å². The monoisotopic (exact) mass is 632 g/mol. The minimum Gasteiger partial charge on any atom is -0.478 e. The second-order valence-corrected chi connectivity index (χ2v) is 12.4. The topological polar surface area (TPSA) is 128 Å². The predicted octanol–water partition coefficient (Wildman–Crippen LogP) is 4.21. The molecular weight excluding hydrogens is 599 g/mol. The zero-order chi connectivity index (χ0) is 31.9. The van der Waals surface area contributed by atoms with Crippen molar-refractivity contribution in [2.75, 3.05) is 44.2 Å². The van der Waals surface area contributed by atoms with E-state index in [4.69, 9.17) is 9.73 Å². The number of carbonyl (C=O) groups excluding carboxylic acids is 2. The number of hydrogen-bond donors (Lipinski definition) is 2. The van der Waals surface area contributed by atoms with Gasteiger partial charge in [-0.2, -0.15) is 0 Å². The van der Waals surface area contributed by atoms with Crippen molar-refractivity contribution in [2.24, 2.45) is 4.99 Å². The highest BCUT2D eigenvalue weighted by molar-refractivity contribution is 7.11. The Morgan fingerprint density at radius 3 is 2.73 bits per heavy atom. The number of ether oxygens (including phenoxy) is 1. The molecular formula is C32H33FN6O5S. The lowest BCUT2D eigenvalue weighted by atomic mass is 9.91. The minimum absolute atomic E-state index is 0.111. The second-order valence-electron chi connectivity index (χ2n) is 11.5. The maximum absolute atomic E-state index is 14.8. The lowest BCUT2D eigenvalue weighted by Crippen LogP contribution is -2.60. The third-order valence-electron chi connectivity index (χ3n) is 8.46. The van der Waals surface area contributed by atoms with Crippen LogP contribution >= 0.6 is 11.3 Å². The van der Waals surface area contributed by atoms with Crippen LogP contribution in [0.1, 0.15) is 46.4 Å². The van der Waals surface area contributed by atoms with E-state index in [1.54, 1.807) is 49.2 Å². The van der Waals surface area contributed by atoms with Crippen LogP contribution in [0.5, 0.6) is 0 Å². The van der Waals surface area contributed by atoms with Gasteiger partial charge in [-0.25, -0.2) is 23.8 Å². The number of carboxylic acid groups (broad SMARTS) is 1. The first-order chi connectivity index (χ1) is 21.6. The number of carbonyl (C=O) groups is 3. The number of piperazine rings is 1. The van der Waals surface area contributed by atoms with Crippen molar-refractivity contribution in [1.82, 2.24) is 20.1 Å². The fourth-order valence-electron chi connectivity index (χ4n) is 6.30. The van der Waals surface area contributed by atoms with E-state index < -0.39 is 29.3 Å². The van der Waals surface area contributed by atoms with E-state index >= 15 is 0 Å². The van der Waals surface area contributed by atoms with Crippen molar-refractivity contribution >= 4 is 40.8 Å². The number of rotatable bonds is 8. The highest BCUT2D eigenvalue weighted by Crippen LogP contribution is 2.37. The van der Waals surface area contributed by atoms with Crippen LogP contribution in [0, 0.1) is 12.7 Å². The molecule has 3 aliphatic heterocycles. The van der Waals surface area contributed by atoms with Gasteiger partial charge in [-0.15, -0.1) is 11.3 Å². The Balaban J connectivity index is 1.34. The SMILES string of the molecule is CCOC(=O)C1=C(CN2CCN3C(=O)N(c4cccc(C(=O)O)c4)CC3(C)C2)NC(c2nccs2)=NC1c1cccc(F)c1C. The van der Waals surface area contributed by atoms with Gasteiger partial charge in [0.15, 0.2) is 10.8 Å². The number of benzene rings is 2. The summed E-state index contributed by atoms with van der Waals surface area (Å²) in [6.45, 7) is 7.70. The summed E-state index contributed by atoms with van der Waals surface area (Å²) in [4.78, 5) is 53.6. The van der Waals surface area contributed by atoms with Crippen LogP contribution in [0.15, 0.2) is 70.3 Å². The van der Waals surface area contributed by atoms with Crippen molar-refractivity contribution in [1.29, 1.82) is 0 Å². The first-order valence-corrected chi connectivity index (χ1v) is 15.5. The molecule has 6 rings (SSSR count). The molecule has 0 radical (unpaired) electrons. The zero-order valence-electron chi connectivity index (χ0n) is 25.1. The van der Waals surface area contributed by atoms with E-state index in [9.17, 15) is 23.9 Å². The standard InChI is InChI=1S/C32H33FN6O5S/c1-4-44-30(42)25-24(35-27(28-34-11-14-45-28)36-26(25)22-9-6-10-23(33)19(22)2)16-37-12-13-39-31(43)38(18-32(39,3)17-37)21-8-5-7-20(15-21)29(40)41/h5-11,14-15,26H,4,12-13,16-18H2,1-3H3,(H,35,36)(H,40,41). The van der Waals surface area contributed by atoms with E-state index in [0.717, 1.165) is 0 Å². The molecule has 1 aromatic heterocycles. The molecule has 13 heteroatoms. The fourth-order valence-corrected chi connectivity index (χ4v) is 6.89. The van der Waals surface area contributed by atoms with Gasteiger partial charge in [0.05, 0.1) is 29.8 Å². The number of amides is 2. The van der Waals surface area contributed by atoms with E-state index in [1.165, 1.54) is 29.5 Å². The van der Waals surface area contributed by atoms with Gasteiger partial charge >= 0.3 is 18.0 Å². The summed E-state index contributed by atoms with van der Waals surface area (Å²) in [7, 11) is 0. The first kappa shape index (κ1) is 30.4. The van der Waals surface area contributed by atoms with Gasteiger partial charge in [0.1, 0.15) is 11.9 Å². The molecule has 2 amide bonds. The van der Waals surface area contributed by atoms with Crippen LogP contribution in [0.3, 0.4) is 0 Å². The third kappa shape index (κ3) is 5.69. The normalized spacial score (nSPS) is 21.8. The highest BCUT2D eigenvalue weighted by Gasteiger charge is 2.50. The number of anilines is 1. The number of halogens is 1. The minimum atomic E-state index is -1.06. The number of aromatic carboxylic acids is 1. The molecule has 3 aromatic rings. The summed E-state index contributed by atoms with van der Waals surface area (Å²) in [5.74, 6) is -1.51. The molecule has 0 spiro atoms. The molecule has 0 bridgehead atoms. The number of urea groups is 1. The summed E-state index contributed by atoms with van der Waals surface area (Å²) in [5, 5.41) is 15.3. The molecule has 11 nitrogen and oxygen atoms in total. The number of hydrogen-bond acceptors (Lipinski definition) is 9. The van der Waals surface area contributed by atoms with Crippen molar-refractivity contribution in [3.05, 3.63) is 92.8 Å².